The van der Waals surface area contributed by atoms with Gasteiger partial charge in [-0.3, -0.25) is 4.90 Å². The highest BCUT2D eigenvalue weighted by Gasteiger charge is 2.42. The molecule has 1 atom stereocenters. The predicted octanol–water partition coefficient (Wildman–Crippen LogP) is 4.60. The maximum atomic E-state index is 13.5. The van der Waals surface area contributed by atoms with E-state index in [1.807, 2.05) is 24.3 Å². The Hall–Kier alpha value is -2.47. The number of fused-ring (bicyclic) bond motifs is 1. The molecule has 146 valence electrons. The number of nitrogens with zero attached hydrogens (tertiary/aromatic N) is 3. The molecule has 0 N–H and O–H groups in total. The van der Waals surface area contributed by atoms with Crippen LogP contribution >= 0.6 is 0 Å². The summed E-state index contributed by atoms with van der Waals surface area (Å²) in [5.74, 6) is -1.56. The number of hydrogen-bond donors (Lipinski definition) is 0. The van der Waals surface area contributed by atoms with E-state index in [1.165, 1.54) is 18.6 Å². The van der Waals surface area contributed by atoms with Gasteiger partial charge in [-0.1, -0.05) is 18.2 Å². The Morgan fingerprint density at radius 3 is 2.75 bits per heavy atom. The van der Waals surface area contributed by atoms with Crippen molar-refractivity contribution in [1.82, 2.24) is 9.88 Å². The molecule has 0 saturated carbocycles. The Labute approximate surface area is 162 Å². The van der Waals surface area contributed by atoms with Crippen molar-refractivity contribution in [3.8, 4) is 0 Å². The topological polar surface area (TPSA) is 32.5 Å². The Bertz CT molecular complexity index is 971. The summed E-state index contributed by atoms with van der Waals surface area (Å²) in [7, 11) is 0. The molecule has 3 aromatic rings. The van der Waals surface area contributed by atoms with Crippen molar-refractivity contribution in [2.45, 2.75) is 25.8 Å². The summed E-state index contributed by atoms with van der Waals surface area (Å²) >= 11 is 0. The smallest absolute Gasteiger partial charge is 0.298 e. The third-order valence-corrected chi connectivity index (χ3v) is 6.12. The Kier molecular flexibility index (Phi) is 4.31. The van der Waals surface area contributed by atoms with E-state index in [-0.39, 0.29) is 5.41 Å². The summed E-state index contributed by atoms with van der Waals surface area (Å²) in [6.45, 7) is 4.47. The van der Waals surface area contributed by atoms with Crippen molar-refractivity contribution in [2.75, 3.05) is 31.1 Å². The number of likely N-dealkylation sites (tertiary alicyclic amines) is 1. The predicted molar refractivity (Wildman–Crippen MR) is 104 cm³/mol. The molecule has 0 aliphatic carbocycles. The zero-order valence-electron chi connectivity index (χ0n) is 15.7. The lowest BCUT2D eigenvalue weighted by Crippen LogP contribution is -2.44. The van der Waals surface area contributed by atoms with E-state index in [2.05, 4.69) is 14.8 Å². The molecule has 1 spiro atoms. The average Bonchev–Trinajstić information content (AvgIpc) is 3.29. The first-order valence-electron chi connectivity index (χ1n) is 9.87. The van der Waals surface area contributed by atoms with Gasteiger partial charge in [0.05, 0.1) is 0 Å². The molecule has 1 aromatic heterocycles. The van der Waals surface area contributed by atoms with E-state index in [0.29, 0.717) is 12.6 Å². The quantitative estimate of drug-likeness (QED) is 0.662. The van der Waals surface area contributed by atoms with Crippen LogP contribution in [0.15, 0.2) is 46.9 Å². The third-order valence-electron chi connectivity index (χ3n) is 6.12. The van der Waals surface area contributed by atoms with E-state index in [1.54, 1.807) is 6.07 Å². The summed E-state index contributed by atoms with van der Waals surface area (Å²) in [6.07, 6.45) is 3.39. The molecule has 2 saturated heterocycles. The van der Waals surface area contributed by atoms with Crippen LogP contribution in [0.4, 0.5) is 14.8 Å². The Morgan fingerprint density at radius 1 is 1.00 bits per heavy atom. The summed E-state index contributed by atoms with van der Waals surface area (Å²) < 4.78 is 32.7. The summed E-state index contributed by atoms with van der Waals surface area (Å²) in [5, 5.41) is 0. The second-order valence-corrected chi connectivity index (χ2v) is 8.20. The van der Waals surface area contributed by atoms with Gasteiger partial charge in [-0.25, -0.2) is 8.78 Å². The van der Waals surface area contributed by atoms with E-state index in [9.17, 15) is 8.78 Å². The first kappa shape index (κ1) is 17.6. The van der Waals surface area contributed by atoms with Gasteiger partial charge in [0.1, 0.15) is 5.52 Å². The van der Waals surface area contributed by atoms with Crippen LogP contribution in [0, 0.1) is 17.0 Å². The number of para-hydroxylation sites is 2. The molecule has 4 nitrogen and oxygen atoms in total. The number of anilines is 1. The second kappa shape index (κ2) is 6.85. The van der Waals surface area contributed by atoms with Crippen LogP contribution in [-0.4, -0.2) is 36.1 Å². The van der Waals surface area contributed by atoms with Gasteiger partial charge in [-0.15, -0.1) is 0 Å². The SMILES string of the molecule is Fc1ccc(CN2CCC[C@]3(CCN(c4nc5ccccc5o4)C3)C2)cc1F. The highest BCUT2D eigenvalue weighted by atomic mass is 19.2. The first-order valence-corrected chi connectivity index (χ1v) is 9.87. The third kappa shape index (κ3) is 3.26. The zero-order valence-corrected chi connectivity index (χ0v) is 15.7. The average molecular weight is 383 g/mol. The number of piperidine rings is 1. The van der Waals surface area contributed by atoms with Gasteiger partial charge in [0.2, 0.25) is 0 Å². The van der Waals surface area contributed by atoms with Crippen molar-refractivity contribution in [3.05, 3.63) is 59.7 Å². The molecule has 2 aliphatic heterocycles. The minimum atomic E-state index is -0.788. The standard InChI is InChI=1S/C22H23F2N3O/c23-17-7-6-16(12-18(17)24)13-26-10-3-8-22(14-26)9-11-27(15-22)21-25-19-4-1-2-5-20(19)28-21/h1-2,4-7,12H,3,8-11,13-15H2/t22-/m0/s1. The van der Waals surface area contributed by atoms with E-state index in [0.717, 1.165) is 55.7 Å². The largest absolute Gasteiger partial charge is 0.423 e. The van der Waals surface area contributed by atoms with Crippen molar-refractivity contribution >= 4 is 17.1 Å². The van der Waals surface area contributed by atoms with Gasteiger partial charge in [0.15, 0.2) is 17.2 Å². The molecule has 0 bridgehead atoms. The lowest BCUT2D eigenvalue weighted by atomic mass is 9.79. The van der Waals surface area contributed by atoms with Gasteiger partial charge in [0, 0.05) is 31.6 Å². The molecule has 2 fully saturated rings. The molecule has 0 radical (unpaired) electrons. The molecular formula is C22H23F2N3O. The number of aromatic nitrogens is 1. The number of oxazole rings is 1. The molecule has 0 amide bonds. The monoisotopic (exact) mass is 383 g/mol. The second-order valence-electron chi connectivity index (χ2n) is 8.20. The first-order chi connectivity index (χ1) is 13.6. The fourth-order valence-electron chi connectivity index (χ4n) is 4.77. The molecule has 2 aliphatic rings. The lowest BCUT2D eigenvalue weighted by Gasteiger charge is -2.40. The van der Waals surface area contributed by atoms with E-state index in [4.69, 9.17) is 4.42 Å². The Balaban J connectivity index is 1.29. The van der Waals surface area contributed by atoms with Crippen molar-refractivity contribution < 1.29 is 13.2 Å². The van der Waals surface area contributed by atoms with Gasteiger partial charge >= 0.3 is 0 Å². The van der Waals surface area contributed by atoms with Crippen LogP contribution in [0.1, 0.15) is 24.8 Å². The van der Waals surface area contributed by atoms with E-state index >= 15 is 0 Å². The zero-order chi connectivity index (χ0) is 19.1. The van der Waals surface area contributed by atoms with Gasteiger partial charge in [-0.2, -0.15) is 4.98 Å². The fourth-order valence-corrected chi connectivity index (χ4v) is 4.77. The van der Waals surface area contributed by atoms with Gasteiger partial charge < -0.3 is 9.32 Å². The van der Waals surface area contributed by atoms with Crippen molar-refractivity contribution in [2.24, 2.45) is 5.41 Å². The van der Waals surface area contributed by atoms with Crippen LogP contribution in [0.5, 0.6) is 0 Å². The summed E-state index contributed by atoms with van der Waals surface area (Å²) in [5.41, 5.74) is 2.74. The lowest BCUT2D eigenvalue weighted by molar-refractivity contribution is 0.0988. The van der Waals surface area contributed by atoms with Crippen molar-refractivity contribution in [3.63, 3.8) is 0 Å². The van der Waals surface area contributed by atoms with Crippen LogP contribution in [0.3, 0.4) is 0 Å². The van der Waals surface area contributed by atoms with Crippen LogP contribution < -0.4 is 4.90 Å². The van der Waals surface area contributed by atoms with Gasteiger partial charge in [0.25, 0.3) is 6.01 Å². The Morgan fingerprint density at radius 2 is 1.89 bits per heavy atom. The molecule has 6 heteroatoms. The van der Waals surface area contributed by atoms with Crippen LogP contribution in [-0.2, 0) is 6.54 Å². The molecule has 5 rings (SSSR count). The number of halogens is 2. The molecule has 0 unspecified atom stereocenters. The van der Waals surface area contributed by atoms with Crippen LogP contribution in [0.25, 0.3) is 11.1 Å². The molecular weight excluding hydrogens is 360 g/mol. The minimum Gasteiger partial charge on any atom is -0.423 e. The summed E-state index contributed by atoms with van der Waals surface area (Å²) in [6, 6.07) is 12.8. The number of rotatable bonds is 3. The van der Waals surface area contributed by atoms with Crippen LogP contribution in [0.2, 0.25) is 0 Å². The highest BCUT2D eigenvalue weighted by Crippen LogP contribution is 2.41. The maximum Gasteiger partial charge on any atom is 0.298 e. The number of hydrogen-bond acceptors (Lipinski definition) is 4. The molecule has 28 heavy (non-hydrogen) atoms. The highest BCUT2D eigenvalue weighted by molar-refractivity contribution is 5.74. The fraction of sp³-hybridized carbons (Fsp3) is 0.409. The summed E-state index contributed by atoms with van der Waals surface area (Å²) in [4.78, 5) is 9.26. The minimum absolute atomic E-state index is 0.206. The molecule has 2 aromatic carbocycles. The van der Waals surface area contributed by atoms with Gasteiger partial charge in [-0.05, 0) is 55.6 Å². The normalized spacial score (nSPS) is 23.1. The van der Waals surface area contributed by atoms with E-state index < -0.39 is 11.6 Å². The molecule has 3 heterocycles. The number of benzene rings is 2. The van der Waals surface area contributed by atoms with Crippen molar-refractivity contribution in [1.29, 1.82) is 0 Å². The maximum absolute atomic E-state index is 13.5.